The van der Waals surface area contributed by atoms with Gasteiger partial charge in [0.1, 0.15) is 22.6 Å². The van der Waals surface area contributed by atoms with Gasteiger partial charge in [0.25, 0.3) is 5.91 Å². The van der Waals surface area contributed by atoms with Crippen molar-refractivity contribution in [1.29, 1.82) is 0 Å². The van der Waals surface area contributed by atoms with Crippen LogP contribution in [0.1, 0.15) is 35.9 Å². The lowest BCUT2D eigenvalue weighted by molar-refractivity contribution is -0.162. The van der Waals surface area contributed by atoms with Crippen LogP contribution in [0.4, 0.5) is 13.2 Å². The largest absolute Gasteiger partial charge is 0.438 e. The van der Waals surface area contributed by atoms with Gasteiger partial charge in [-0.3, -0.25) is 4.79 Å². The van der Waals surface area contributed by atoms with E-state index in [0.717, 1.165) is 6.20 Å². The Morgan fingerprint density at radius 2 is 2.00 bits per heavy atom. The lowest BCUT2D eigenvalue weighted by Gasteiger charge is -2.19. The number of ether oxygens (including phenoxy) is 1. The van der Waals surface area contributed by atoms with Crippen molar-refractivity contribution < 1.29 is 22.7 Å². The van der Waals surface area contributed by atoms with Gasteiger partial charge in [-0.1, -0.05) is 24.3 Å². The summed E-state index contributed by atoms with van der Waals surface area (Å²) in [5.41, 5.74) is -2.09. The summed E-state index contributed by atoms with van der Waals surface area (Å²) in [4.78, 5) is 20.6. The van der Waals surface area contributed by atoms with Crippen LogP contribution in [0.15, 0.2) is 48.0 Å². The smallest absolute Gasteiger partial charge is 0.401 e. The molecule has 1 aliphatic carbocycles. The summed E-state index contributed by atoms with van der Waals surface area (Å²) in [6.45, 7) is 1.78. The highest BCUT2D eigenvalue weighted by molar-refractivity contribution is 8.01. The first-order valence-corrected chi connectivity index (χ1v) is 10.2. The predicted octanol–water partition coefficient (Wildman–Crippen LogP) is 4.86. The number of nitrogens with one attached hydrogen (secondary N) is 1. The Morgan fingerprint density at radius 1 is 1.31 bits per heavy atom. The standard InChI is InChI=1S/C20H20F3N3O2S/c1-13(8-11-29-2)25-16(27)15-12-24-18(19(9-10-19)20(21,22)23)26-17(15)28-14-6-4-3-5-7-14/h3-8,11-13H,9-10H2,1-2H3,(H,25,27)/b11-8+. The number of halogens is 3. The minimum atomic E-state index is -4.46. The van der Waals surface area contributed by atoms with Gasteiger partial charge in [-0.15, -0.1) is 11.8 Å². The number of para-hydroxylation sites is 1. The number of amides is 1. The fourth-order valence-electron chi connectivity index (χ4n) is 2.72. The van der Waals surface area contributed by atoms with E-state index in [2.05, 4.69) is 15.3 Å². The Morgan fingerprint density at radius 3 is 2.59 bits per heavy atom. The molecule has 2 aromatic rings. The molecule has 1 aromatic carbocycles. The maximum Gasteiger partial charge on any atom is 0.401 e. The Balaban J connectivity index is 1.95. The third-order valence-corrected chi connectivity index (χ3v) is 4.97. The highest BCUT2D eigenvalue weighted by atomic mass is 32.2. The third-order valence-electron chi connectivity index (χ3n) is 4.54. The molecule has 1 saturated carbocycles. The van der Waals surface area contributed by atoms with Gasteiger partial charge in [-0.25, -0.2) is 4.98 Å². The molecule has 0 radical (unpaired) electrons. The van der Waals surface area contributed by atoms with E-state index in [1.54, 1.807) is 43.3 Å². The van der Waals surface area contributed by atoms with E-state index in [1.165, 1.54) is 11.8 Å². The molecule has 1 atom stereocenters. The van der Waals surface area contributed by atoms with Crippen LogP contribution in [0.5, 0.6) is 11.6 Å². The second kappa shape index (κ2) is 8.44. The van der Waals surface area contributed by atoms with Gasteiger partial charge in [-0.2, -0.15) is 18.2 Å². The number of nitrogens with zero attached hydrogens (tertiary/aromatic N) is 2. The van der Waals surface area contributed by atoms with Crippen LogP contribution < -0.4 is 10.1 Å². The van der Waals surface area contributed by atoms with Crippen molar-refractivity contribution in [1.82, 2.24) is 15.3 Å². The molecule has 5 nitrogen and oxygen atoms in total. The van der Waals surface area contributed by atoms with Crippen molar-refractivity contribution in [3.05, 3.63) is 59.4 Å². The average molecular weight is 423 g/mol. The first kappa shape index (κ1) is 21.2. The molecule has 9 heteroatoms. The molecule has 0 spiro atoms. The van der Waals surface area contributed by atoms with Gasteiger partial charge in [0.15, 0.2) is 0 Å². The van der Waals surface area contributed by atoms with Gasteiger partial charge in [0, 0.05) is 12.2 Å². The third kappa shape index (κ3) is 4.72. The van der Waals surface area contributed by atoms with E-state index in [0.29, 0.717) is 5.75 Å². The molecule has 3 rings (SSSR count). The number of thioether (sulfide) groups is 1. The van der Waals surface area contributed by atoms with E-state index in [4.69, 9.17) is 4.74 Å². The molecule has 1 aliphatic rings. The number of aromatic nitrogens is 2. The molecule has 154 valence electrons. The maximum absolute atomic E-state index is 13.5. The molecule has 0 bridgehead atoms. The zero-order valence-corrected chi connectivity index (χ0v) is 16.7. The van der Waals surface area contributed by atoms with Crippen LogP contribution in [0.25, 0.3) is 0 Å². The summed E-state index contributed by atoms with van der Waals surface area (Å²) in [5.74, 6) is -0.742. The number of hydrogen-bond donors (Lipinski definition) is 1. The molecule has 29 heavy (non-hydrogen) atoms. The van der Waals surface area contributed by atoms with Crippen LogP contribution >= 0.6 is 11.8 Å². The summed E-state index contributed by atoms with van der Waals surface area (Å²) in [6.07, 6.45) is 0.160. The van der Waals surface area contributed by atoms with Crippen molar-refractivity contribution >= 4 is 17.7 Å². The topological polar surface area (TPSA) is 64.1 Å². The molecule has 1 unspecified atom stereocenters. The van der Waals surface area contributed by atoms with Crippen molar-refractivity contribution in [2.45, 2.75) is 37.4 Å². The molecule has 1 fully saturated rings. The molecule has 1 heterocycles. The van der Waals surface area contributed by atoms with E-state index in [9.17, 15) is 18.0 Å². The maximum atomic E-state index is 13.5. The SMILES string of the molecule is CS/C=C/C(C)NC(=O)c1cnc(C2(C(F)(F)F)CC2)nc1Oc1ccccc1. The van der Waals surface area contributed by atoms with Crippen LogP contribution in [0.2, 0.25) is 0 Å². The van der Waals surface area contributed by atoms with E-state index < -0.39 is 17.5 Å². The summed E-state index contributed by atoms with van der Waals surface area (Å²) in [6, 6.07) is 8.17. The minimum absolute atomic E-state index is 0.0278. The summed E-state index contributed by atoms with van der Waals surface area (Å²) < 4.78 is 46.1. The van der Waals surface area contributed by atoms with Gasteiger partial charge in [0.05, 0.1) is 0 Å². The highest BCUT2D eigenvalue weighted by Gasteiger charge is 2.66. The Bertz CT molecular complexity index is 900. The number of rotatable bonds is 7. The normalized spacial score (nSPS) is 16.4. The second-order valence-electron chi connectivity index (χ2n) is 6.73. The van der Waals surface area contributed by atoms with Crippen molar-refractivity contribution in [3.8, 4) is 11.6 Å². The summed E-state index contributed by atoms with van der Waals surface area (Å²) in [5, 5.41) is 4.57. The first-order valence-electron chi connectivity index (χ1n) is 8.94. The zero-order chi connectivity index (χ0) is 21.1. The van der Waals surface area contributed by atoms with Gasteiger partial charge in [-0.05, 0) is 43.6 Å². The summed E-state index contributed by atoms with van der Waals surface area (Å²) >= 11 is 1.48. The van der Waals surface area contributed by atoms with E-state index in [-0.39, 0.29) is 36.2 Å². The molecular formula is C20H20F3N3O2S. The number of benzene rings is 1. The quantitative estimate of drug-likeness (QED) is 0.689. The Labute approximate surface area is 170 Å². The fraction of sp³-hybridized carbons (Fsp3) is 0.350. The van der Waals surface area contributed by atoms with Gasteiger partial charge >= 0.3 is 6.18 Å². The average Bonchev–Trinajstić information content (AvgIpc) is 3.49. The molecule has 1 N–H and O–H groups in total. The predicted molar refractivity (Wildman–Crippen MR) is 105 cm³/mol. The Hall–Kier alpha value is -2.55. The highest BCUT2D eigenvalue weighted by Crippen LogP contribution is 2.58. The molecule has 0 aliphatic heterocycles. The van der Waals surface area contributed by atoms with Gasteiger partial charge < -0.3 is 10.1 Å². The molecule has 1 amide bonds. The molecular weight excluding hydrogens is 403 g/mol. The second-order valence-corrected chi connectivity index (χ2v) is 7.48. The van der Waals surface area contributed by atoms with Gasteiger partial charge in [0.2, 0.25) is 5.88 Å². The van der Waals surface area contributed by atoms with E-state index >= 15 is 0 Å². The number of alkyl halides is 3. The number of hydrogen-bond acceptors (Lipinski definition) is 5. The zero-order valence-electron chi connectivity index (χ0n) is 15.9. The first-order chi connectivity index (χ1) is 13.8. The lowest BCUT2D eigenvalue weighted by Crippen LogP contribution is -2.33. The minimum Gasteiger partial charge on any atom is -0.438 e. The summed E-state index contributed by atoms with van der Waals surface area (Å²) in [7, 11) is 0. The number of carbonyl (C=O) groups is 1. The van der Waals surface area contributed by atoms with Crippen molar-refractivity contribution in [2.24, 2.45) is 0 Å². The lowest BCUT2D eigenvalue weighted by atomic mass is 10.1. The van der Waals surface area contributed by atoms with Crippen molar-refractivity contribution in [3.63, 3.8) is 0 Å². The van der Waals surface area contributed by atoms with Crippen molar-refractivity contribution in [2.75, 3.05) is 6.26 Å². The van der Waals surface area contributed by atoms with Crippen LogP contribution in [-0.2, 0) is 5.41 Å². The van der Waals surface area contributed by atoms with E-state index in [1.807, 2.05) is 11.7 Å². The molecule has 0 saturated heterocycles. The van der Waals surface area contributed by atoms with Crippen LogP contribution in [0, 0.1) is 0 Å². The Kier molecular flexibility index (Phi) is 6.16. The molecule has 1 aromatic heterocycles. The number of carbonyl (C=O) groups excluding carboxylic acids is 1. The monoisotopic (exact) mass is 423 g/mol. The van der Waals surface area contributed by atoms with Crippen LogP contribution in [-0.4, -0.2) is 34.3 Å². The fourth-order valence-corrected chi connectivity index (χ4v) is 3.11. The van der Waals surface area contributed by atoms with Crippen LogP contribution in [0.3, 0.4) is 0 Å².